The van der Waals surface area contributed by atoms with Crippen LogP contribution in [0.15, 0.2) is 36.5 Å². The molecule has 1 unspecified atom stereocenters. The molecule has 0 bridgehead atoms. The fraction of sp³-hybridized carbons (Fsp3) is 0.417. The Morgan fingerprint density at radius 2 is 1.94 bits per heavy atom. The van der Waals surface area contributed by atoms with Gasteiger partial charge >= 0.3 is 11.8 Å². The number of halogens is 2. The highest BCUT2D eigenvalue weighted by atomic mass is 35.5. The number of hydrogen-bond acceptors (Lipinski definition) is 5. The van der Waals surface area contributed by atoms with Gasteiger partial charge < -0.3 is 20.9 Å². The van der Waals surface area contributed by atoms with Crippen LogP contribution in [-0.2, 0) is 20.8 Å². The van der Waals surface area contributed by atoms with Crippen molar-refractivity contribution in [3.8, 4) is 0 Å². The molecule has 1 aliphatic heterocycles. The van der Waals surface area contributed by atoms with Gasteiger partial charge in [0.15, 0.2) is 0 Å². The maximum atomic E-state index is 12.4. The Labute approximate surface area is 204 Å². The fourth-order valence-electron chi connectivity index (χ4n) is 3.44. The molecule has 1 atom stereocenters. The van der Waals surface area contributed by atoms with E-state index in [1.165, 1.54) is 23.2 Å². The fourth-order valence-corrected chi connectivity index (χ4v) is 3.58. The van der Waals surface area contributed by atoms with Crippen LogP contribution in [0.25, 0.3) is 0 Å². The van der Waals surface area contributed by atoms with E-state index in [9.17, 15) is 18.8 Å². The van der Waals surface area contributed by atoms with Gasteiger partial charge in [0, 0.05) is 31.6 Å². The molecule has 2 heterocycles. The quantitative estimate of drug-likeness (QED) is 0.640. The van der Waals surface area contributed by atoms with Crippen molar-refractivity contribution >= 4 is 40.8 Å². The van der Waals surface area contributed by atoms with E-state index in [0.717, 1.165) is 5.56 Å². The molecule has 34 heavy (non-hydrogen) atoms. The zero-order valence-corrected chi connectivity index (χ0v) is 20.6. The molecule has 8 nitrogen and oxygen atoms in total. The summed E-state index contributed by atoms with van der Waals surface area (Å²) in [7, 11) is 0. The predicted molar refractivity (Wildman–Crippen MR) is 131 cm³/mol. The van der Waals surface area contributed by atoms with Crippen molar-refractivity contribution in [3.05, 3.63) is 52.9 Å². The SMILES string of the molecule is CCc1cc(NC(=O)C(=O)N2CCN(C(=O)C(C)C)C(C)C2)cnc1N.Fc1ccccc1Cl. The Bertz CT molecular complexity index is 1010. The first-order valence-corrected chi connectivity index (χ1v) is 11.5. The minimum Gasteiger partial charge on any atom is -0.383 e. The van der Waals surface area contributed by atoms with E-state index < -0.39 is 11.8 Å². The van der Waals surface area contributed by atoms with Crippen LogP contribution < -0.4 is 11.1 Å². The largest absolute Gasteiger partial charge is 0.383 e. The zero-order valence-electron chi connectivity index (χ0n) is 19.8. The van der Waals surface area contributed by atoms with E-state index in [1.807, 2.05) is 27.7 Å². The topological polar surface area (TPSA) is 109 Å². The second-order valence-corrected chi connectivity index (χ2v) is 8.68. The number of rotatable bonds is 3. The number of amides is 3. The molecule has 1 saturated heterocycles. The molecule has 1 aromatic heterocycles. The minimum atomic E-state index is -0.713. The number of benzene rings is 1. The van der Waals surface area contributed by atoms with Gasteiger partial charge in [-0.3, -0.25) is 14.4 Å². The Balaban J connectivity index is 0.000000430. The number of aromatic nitrogens is 1. The number of nitrogens with zero attached hydrogens (tertiary/aromatic N) is 3. The number of nitrogens with two attached hydrogens (primary N) is 1. The van der Waals surface area contributed by atoms with Gasteiger partial charge in [0.2, 0.25) is 5.91 Å². The highest BCUT2D eigenvalue weighted by molar-refractivity contribution is 6.39. The molecule has 10 heteroatoms. The van der Waals surface area contributed by atoms with Crippen molar-refractivity contribution in [1.29, 1.82) is 0 Å². The summed E-state index contributed by atoms with van der Waals surface area (Å²) >= 11 is 5.33. The number of carbonyl (C=O) groups is 3. The third kappa shape index (κ3) is 7.15. The molecule has 0 aliphatic carbocycles. The number of piperazine rings is 1. The number of nitrogen functional groups attached to an aromatic ring is 1. The summed E-state index contributed by atoms with van der Waals surface area (Å²) in [6.07, 6.45) is 2.11. The highest BCUT2D eigenvalue weighted by Crippen LogP contribution is 2.17. The molecule has 1 aromatic carbocycles. The summed E-state index contributed by atoms with van der Waals surface area (Å²) in [5.41, 5.74) is 7.00. The van der Waals surface area contributed by atoms with E-state index in [1.54, 1.807) is 23.1 Å². The van der Waals surface area contributed by atoms with Crippen molar-refractivity contribution in [2.45, 2.75) is 40.2 Å². The summed E-state index contributed by atoms with van der Waals surface area (Å²) in [6.45, 7) is 8.63. The van der Waals surface area contributed by atoms with Crippen LogP contribution in [-0.4, -0.2) is 58.2 Å². The number of nitrogens with one attached hydrogen (secondary N) is 1. The second kappa shape index (κ2) is 12.3. The lowest BCUT2D eigenvalue weighted by Gasteiger charge is -2.40. The van der Waals surface area contributed by atoms with E-state index >= 15 is 0 Å². The van der Waals surface area contributed by atoms with E-state index in [0.29, 0.717) is 37.6 Å². The first kappa shape index (κ1) is 27.0. The molecule has 1 aliphatic rings. The summed E-state index contributed by atoms with van der Waals surface area (Å²) in [4.78, 5) is 44.2. The maximum Gasteiger partial charge on any atom is 0.313 e. The normalized spacial score (nSPS) is 15.4. The van der Waals surface area contributed by atoms with Gasteiger partial charge in [-0.1, -0.05) is 44.5 Å². The van der Waals surface area contributed by atoms with Crippen LogP contribution in [0.3, 0.4) is 0 Å². The van der Waals surface area contributed by atoms with Crippen molar-refractivity contribution in [1.82, 2.24) is 14.8 Å². The smallest absolute Gasteiger partial charge is 0.313 e. The molecule has 0 saturated carbocycles. The Kier molecular flexibility index (Phi) is 9.80. The molecule has 0 spiro atoms. The standard InChI is InChI=1S/C18H27N5O3.C6H4ClF/c1-5-13-8-14(9-20-15(13)19)21-16(24)18(26)22-6-7-23(12(4)10-22)17(25)11(2)3;7-5-3-1-2-4-6(5)8/h8-9,11-12H,5-7,10H2,1-4H3,(H2,19,20)(H,21,24);1-4H. The summed E-state index contributed by atoms with van der Waals surface area (Å²) in [5.74, 6) is -1.30. The molecular formula is C24H31ClFN5O3. The molecule has 2 aromatic rings. The monoisotopic (exact) mass is 491 g/mol. The molecule has 184 valence electrons. The first-order valence-electron chi connectivity index (χ1n) is 11.1. The Morgan fingerprint density at radius 1 is 1.26 bits per heavy atom. The number of carbonyl (C=O) groups excluding carboxylic acids is 3. The summed E-state index contributed by atoms with van der Waals surface area (Å²) in [6, 6.07) is 7.71. The van der Waals surface area contributed by atoms with Crippen LogP contribution >= 0.6 is 11.6 Å². The maximum absolute atomic E-state index is 12.4. The van der Waals surface area contributed by atoms with Crippen molar-refractivity contribution in [3.63, 3.8) is 0 Å². The number of hydrogen-bond donors (Lipinski definition) is 2. The average molecular weight is 492 g/mol. The van der Waals surface area contributed by atoms with E-state index in [2.05, 4.69) is 10.3 Å². The summed E-state index contributed by atoms with van der Waals surface area (Å²) in [5, 5.41) is 2.75. The van der Waals surface area contributed by atoms with Crippen LogP contribution in [0.5, 0.6) is 0 Å². The third-order valence-electron chi connectivity index (χ3n) is 5.35. The van der Waals surface area contributed by atoms with Gasteiger partial charge in [-0.2, -0.15) is 0 Å². The van der Waals surface area contributed by atoms with Crippen LogP contribution in [0.4, 0.5) is 15.9 Å². The highest BCUT2D eigenvalue weighted by Gasteiger charge is 2.33. The minimum absolute atomic E-state index is 0.0640. The lowest BCUT2D eigenvalue weighted by atomic mass is 10.1. The first-order chi connectivity index (χ1) is 16.0. The lowest BCUT2D eigenvalue weighted by Crippen LogP contribution is -2.57. The molecule has 0 radical (unpaired) electrons. The lowest BCUT2D eigenvalue weighted by molar-refractivity contribution is -0.148. The van der Waals surface area contributed by atoms with Crippen LogP contribution in [0.2, 0.25) is 5.02 Å². The number of anilines is 2. The summed E-state index contributed by atoms with van der Waals surface area (Å²) < 4.78 is 12.2. The van der Waals surface area contributed by atoms with Crippen molar-refractivity contribution in [2.75, 3.05) is 30.7 Å². The van der Waals surface area contributed by atoms with Gasteiger partial charge in [0.05, 0.1) is 16.9 Å². The molecule has 3 rings (SSSR count). The van der Waals surface area contributed by atoms with E-state index in [4.69, 9.17) is 17.3 Å². The number of pyridine rings is 1. The predicted octanol–water partition coefficient (Wildman–Crippen LogP) is 3.36. The van der Waals surface area contributed by atoms with Gasteiger partial charge in [-0.15, -0.1) is 0 Å². The Morgan fingerprint density at radius 3 is 2.47 bits per heavy atom. The van der Waals surface area contributed by atoms with Gasteiger partial charge in [-0.05, 0) is 37.1 Å². The molecular weight excluding hydrogens is 461 g/mol. The Hall–Kier alpha value is -3.20. The van der Waals surface area contributed by atoms with E-state index in [-0.39, 0.29) is 28.7 Å². The van der Waals surface area contributed by atoms with Gasteiger partial charge in [-0.25, -0.2) is 9.37 Å². The average Bonchev–Trinajstić information content (AvgIpc) is 2.81. The molecule has 1 fully saturated rings. The zero-order chi connectivity index (χ0) is 25.4. The van der Waals surface area contributed by atoms with Crippen LogP contribution in [0.1, 0.15) is 33.3 Å². The van der Waals surface area contributed by atoms with Crippen molar-refractivity contribution < 1.29 is 18.8 Å². The second-order valence-electron chi connectivity index (χ2n) is 8.28. The van der Waals surface area contributed by atoms with Crippen molar-refractivity contribution in [2.24, 2.45) is 5.92 Å². The van der Waals surface area contributed by atoms with Gasteiger partial charge in [0.1, 0.15) is 11.6 Å². The molecule has 3 N–H and O–H groups in total. The molecule has 3 amide bonds. The number of aryl methyl sites for hydroxylation is 1. The van der Waals surface area contributed by atoms with Gasteiger partial charge in [0.25, 0.3) is 0 Å². The van der Waals surface area contributed by atoms with Crippen LogP contribution in [0, 0.1) is 11.7 Å². The third-order valence-corrected chi connectivity index (χ3v) is 5.66.